The standard InChI is InChI=1S/C13H16N2O2/c1-8(14)5-12(16)9-3-4-11-10(6-9)7-13(17)15(11)2/h3-4,6,8H,5,7,14H2,1-2H3. The number of fused-ring (bicyclic) bond motifs is 1. The number of nitrogens with two attached hydrogens (primary N) is 1. The lowest BCUT2D eigenvalue weighted by Crippen LogP contribution is -2.20. The predicted octanol–water partition coefficient (Wildman–Crippen LogP) is 1.13. The highest BCUT2D eigenvalue weighted by atomic mass is 16.2. The summed E-state index contributed by atoms with van der Waals surface area (Å²) in [5.41, 5.74) is 8.07. The first kappa shape index (κ1) is 11.8. The van der Waals surface area contributed by atoms with Gasteiger partial charge in [-0.15, -0.1) is 0 Å². The molecule has 1 aliphatic rings. The molecule has 4 nitrogen and oxygen atoms in total. The highest BCUT2D eigenvalue weighted by Gasteiger charge is 2.24. The van der Waals surface area contributed by atoms with Gasteiger partial charge in [0, 0.05) is 30.8 Å². The predicted molar refractivity (Wildman–Crippen MR) is 66.2 cm³/mol. The van der Waals surface area contributed by atoms with Gasteiger partial charge in [0.05, 0.1) is 6.42 Å². The zero-order valence-corrected chi connectivity index (χ0v) is 10.1. The first-order chi connectivity index (χ1) is 7.99. The summed E-state index contributed by atoms with van der Waals surface area (Å²) in [5.74, 6) is 0.0987. The lowest BCUT2D eigenvalue weighted by Gasteiger charge is -2.10. The SMILES string of the molecule is CC(N)CC(=O)c1ccc2c(c1)CC(=O)N2C. The smallest absolute Gasteiger partial charge is 0.231 e. The van der Waals surface area contributed by atoms with Crippen LogP contribution in [-0.2, 0) is 11.2 Å². The minimum absolute atomic E-state index is 0.0322. The summed E-state index contributed by atoms with van der Waals surface area (Å²) >= 11 is 0. The molecule has 1 atom stereocenters. The van der Waals surface area contributed by atoms with Crippen LogP contribution < -0.4 is 10.6 Å². The summed E-state index contributed by atoms with van der Waals surface area (Å²) in [5, 5.41) is 0. The second-order valence-electron chi connectivity index (χ2n) is 4.58. The van der Waals surface area contributed by atoms with Gasteiger partial charge >= 0.3 is 0 Å². The van der Waals surface area contributed by atoms with Crippen LogP contribution in [0.2, 0.25) is 0 Å². The molecule has 1 heterocycles. The molecule has 1 aromatic rings. The zero-order valence-electron chi connectivity index (χ0n) is 10.1. The third-order valence-corrected chi connectivity index (χ3v) is 2.99. The lowest BCUT2D eigenvalue weighted by atomic mass is 10.0. The van der Waals surface area contributed by atoms with E-state index in [0.29, 0.717) is 18.4 Å². The summed E-state index contributed by atoms with van der Waals surface area (Å²) in [6.07, 6.45) is 0.716. The van der Waals surface area contributed by atoms with Crippen molar-refractivity contribution < 1.29 is 9.59 Å². The summed E-state index contributed by atoms with van der Waals surface area (Å²) in [6, 6.07) is 5.26. The number of amides is 1. The van der Waals surface area contributed by atoms with Crippen molar-refractivity contribution in [3.63, 3.8) is 0 Å². The number of hydrogen-bond donors (Lipinski definition) is 1. The van der Waals surface area contributed by atoms with Crippen LogP contribution in [0.5, 0.6) is 0 Å². The van der Waals surface area contributed by atoms with Gasteiger partial charge in [-0.25, -0.2) is 0 Å². The highest BCUT2D eigenvalue weighted by Crippen LogP contribution is 2.28. The van der Waals surface area contributed by atoms with E-state index in [1.807, 2.05) is 13.0 Å². The number of carbonyl (C=O) groups is 2. The van der Waals surface area contributed by atoms with Crippen LogP contribution in [0.25, 0.3) is 0 Å². The summed E-state index contributed by atoms with van der Waals surface area (Å²) in [6.45, 7) is 1.81. The molecule has 0 spiro atoms. The number of carbonyl (C=O) groups excluding carboxylic acids is 2. The third kappa shape index (κ3) is 2.22. The van der Waals surface area contributed by atoms with E-state index in [1.54, 1.807) is 24.1 Å². The molecule has 2 N–H and O–H groups in total. The molecule has 1 amide bonds. The fourth-order valence-electron chi connectivity index (χ4n) is 2.05. The van der Waals surface area contributed by atoms with E-state index in [2.05, 4.69) is 0 Å². The van der Waals surface area contributed by atoms with Crippen molar-refractivity contribution in [3.8, 4) is 0 Å². The van der Waals surface area contributed by atoms with E-state index in [9.17, 15) is 9.59 Å². The molecular weight excluding hydrogens is 216 g/mol. The number of anilines is 1. The molecule has 0 fully saturated rings. The van der Waals surface area contributed by atoms with Gasteiger partial charge in [-0.3, -0.25) is 9.59 Å². The van der Waals surface area contributed by atoms with Crippen molar-refractivity contribution >= 4 is 17.4 Å². The van der Waals surface area contributed by atoms with E-state index in [1.165, 1.54) is 0 Å². The number of Topliss-reactive ketones (excluding diaryl/α,β-unsaturated/α-hetero) is 1. The summed E-state index contributed by atoms with van der Waals surface area (Å²) in [4.78, 5) is 25.0. The van der Waals surface area contributed by atoms with Crippen molar-refractivity contribution in [2.45, 2.75) is 25.8 Å². The average molecular weight is 232 g/mol. The monoisotopic (exact) mass is 232 g/mol. The first-order valence-electron chi connectivity index (χ1n) is 5.67. The highest BCUT2D eigenvalue weighted by molar-refractivity contribution is 6.03. The lowest BCUT2D eigenvalue weighted by molar-refractivity contribution is -0.117. The van der Waals surface area contributed by atoms with Crippen LogP contribution in [0, 0.1) is 0 Å². The van der Waals surface area contributed by atoms with Crippen molar-refractivity contribution in [3.05, 3.63) is 29.3 Å². The van der Waals surface area contributed by atoms with Gasteiger partial charge < -0.3 is 10.6 Å². The molecule has 1 unspecified atom stereocenters. The van der Waals surface area contributed by atoms with Crippen molar-refractivity contribution in [2.24, 2.45) is 5.73 Å². The fraction of sp³-hybridized carbons (Fsp3) is 0.385. The molecule has 4 heteroatoms. The number of benzene rings is 1. The summed E-state index contributed by atoms with van der Waals surface area (Å²) in [7, 11) is 1.75. The number of rotatable bonds is 3. The Morgan fingerprint density at radius 3 is 2.88 bits per heavy atom. The molecule has 0 aliphatic carbocycles. The minimum atomic E-state index is -0.139. The number of hydrogen-bond acceptors (Lipinski definition) is 3. The van der Waals surface area contributed by atoms with Crippen LogP contribution >= 0.6 is 0 Å². The van der Waals surface area contributed by atoms with Gasteiger partial charge in [-0.05, 0) is 30.7 Å². The van der Waals surface area contributed by atoms with Gasteiger partial charge in [0.15, 0.2) is 5.78 Å². The molecule has 1 aliphatic heterocycles. The zero-order chi connectivity index (χ0) is 12.6. The second-order valence-corrected chi connectivity index (χ2v) is 4.58. The molecule has 0 bridgehead atoms. The second kappa shape index (κ2) is 4.30. The topological polar surface area (TPSA) is 63.4 Å². The number of nitrogens with zero attached hydrogens (tertiary/aromatic N) is 1. The van der Waals surface area contributed by atoms with Crippen LogP contribution in [-0.4, -0.2) is 24.8 Å². The van der Waals surface area contributed by atoms with Crippen molar-refractivity contribution in [1.82, 2.24) is 0 Å². The Hall–Kier alpha value is -1.68. The molecule has 1 aromatic carbocycles. The quantitative estimate of drug-likeness (QED) is 0.794. The fourth-order valence-corrected chi connectivity index (χ4v) is 2.05. The van der Waals surface area contributed by atoms with Crippen LogP contribution in [0.4, 0.5) is 5.69 Å². The molecule has 0 aromatic heterocycles. The Kier molecular flexibility index (Phi) is 2.98. The molecular formula is C13H16N2O2. The Bertz CT molecular complexity index is 480. The van der Waals surface area contributed by atoms with Crippen LogP contribution in [0.15, 0.2) is 18.2 Å². The van der Waals surface area contributed by atoms with Gasteiger partial charge in [0.25, 0.3) is 0 Å². The molecule has 2 rings (SSSR count). The Morgan fingerprint density at radius 1 is 1.53 bits per heavy atom. The molecule has 90 valence electrons. The third-order valence-electron chi connectivity index (χ3n) is 2.99. The normalized spacial score (nSPS) is 15.9. The first-order valence-corrected chi connectivity index (χ1v) is 5.67. The average Bonchev–Trinajstić information content (AvgIpc) is 2.53. The minimum Gasteiger partial charge on any atom is -0.328 e. The molecule has 0 saturated carbocycles. The van der Waals surface area contributed by atoms with Gasteiger partial charge in [-0.2, -0.15) is 0 Å². The van der Waals surface area contributed by atoms with E-state index in [0.717, 1.165) is 11.3 Å². The summed E-state index contributed by atoms with van der Waals surface area (Å²) < 4.78 is 0. The van der Waals surface area contributed by atoms with Gasteiger partial charge in [-0.1, -0.05) is 0 Å². The Balaban J connectivity index is 2.27. The van der Waals surface area contributed by atoms with E-state index in [4.69, 9.17) is 5.73 Å². The van der Waals surface area contributed by atoms with Crippen LogP contribution in [0.3, 0.4) is 0 Å². The van der Waals surface area contributed by atoms with Crippen molar-refractivity contribution in [2.75, 3.05) is 11.9 Å². The van der Waals surface area contributed by atoms with Crippen LogP contribution in [0.1, 0.15) is 29.3 Å². The van der Waals surface area contributed by atoms with Gasteiger partial charge in [0.1, 0.15) is 0 Å². The number of ketones is 1. The Labute approximate surface area is 100 Å². The van der Waals surface area contributed by atoms with E-state index < -0.39 is 0 Å². The maximum absolute atomic E-state index is 11.8. The molecule has 0 saturated heterocycles. The number of likely N-dealkylation sites (N-methyl/N-ethyl adjacent to an activating group) is 1. The largest absolute Gasteiger partial charge is 0.328 e. The Morgan fingerprint density at radius 2 is 2.24 bits per heavy atom. The van der Waals surface area contributed by atoms with E-state index in [-0.39, 0.29) is 17.7 Å². The van der Waals surface area contributed by atoms with Gasteiger partial charge in [0.2, 0.25) is 5.91 Å². The molecule has 0 radical (unpaired) electrons. The van der Waals surface area contributed by atoms with Crippen molar-refractivity contribution in [1.29, 1.82) is 0 Å². The maximum Gasteiger partial charge on any atom is 0.231 e. The maximum atomic E-state index is 11.8. The van der Waals surface area contributed by atoms with E-state index >= 15 is 0 Å². The molecule has 17 heavy (non-hydrogen) atoms.